The lowest BCUT2D eigenvalue weighted by molar-refractivity contribution is -0.121. The Hall–Kier alpha value is -1.99. The SMILES string of the molecule is CN1C(=O)/C(=C\c2cccs2)SC1=Nc1ccc(F)cc1F. The van der Waals surface area contributed by atoms with E-state index in [0.717, 1.165) is 17.0 Å². The van der Waals surface area contributed by atoms with Crippen LogP contribution in [0.3, 0.4) is 0 Å². The predicted octanol–water partition coefficient (Wildman–Crippen LogP) is 4.26. The summed E-state index contributed by atoms with van der Waals surface area (Å²) in [5.41, 5.74) is 0.000855. The van der Waals surface area contributed by atoms with Crippen molar-refractivity contribution in [1.82, 2.24) is 4.90 Å². The average molecular weight is 336 g/mol. The molecule has 22 heavy (non-hydrogen) atoms. The molecule has 2 aromatic rings. The average Bonchev–Trinajstić information content (AvgIpc) is 3.07. The number of aliphatic imine (C=N–C) groups is 1. The van der Waals surface area contributed by atoms with Gasteiger partial charge in [0, 0.05) is 18.0 Å². The van der Waals surface area contributed by atoms with Crippen molar-refractivity contribution >= 4 is 45.9 Å². The molecule has 0 atom stereocenters. The minimum absolute atomic E-state index is 0.000855. The number of thiophene rings is 1. The molecule has 3 rings (SSSR count). The molecule has 7 heteroatoms. The van der Waals surface area contributed by atoms with Gasteiger partial charge in [0.25, 0.3) is 5.91 Å². The quantitative estimate of drug-likeness (QED) is 0.768. The zero-order valence-electron chi connectivity index (χ0n) is 11.4. The van der Waals surface area contributed by atoms with E-state index in [2.05, 4.69) is 4.99 Å². The van der Waals surface area contributed by atoms with E-state index in [1.165, 1.54) is 34.1 Å². The van der Waals surface area contributed by atoms with Gasteiger partial charge in [-0.25, -0.2) is 13.8 Å². The normalized spacial score (nSPS) is 18.7. The van der Waals surface area contributed by atoms with Gasteiger partial charge in [0.15, 0.2) is 11.0 Å². The van der Waals surface area contributed by atoms with Crippen molar-refractivity contribution in [2.75, 3.05) is 7.05 Å². The first-order chi connectivity index (χ1) is 10.5. The first-order valence-corrected chi connectivity index (χ1v) is 7.99. The van der Waals surface area contributed by atoms with E-state index >= 15 is 0 Å². The van der Waals surface area contributed by atoms with E-state index in [-0.39, 0.29) is 11.6 Å². The number of carbonyl (C=O) groups is 1. The van der Waals surface area contributed by atoms with Crippen molar-refractivity contribution in [3.05, 3.63) is 57.1 Å². The molecule has 1 aromatic heterocycles. The van der Waals surface area contributed by atoms with Crippen LogP contribution in [0, 0.1) is 11.6 Å². The molecule has 112 valence electrons. The summed E-state index contributed by atoms with van der Waals surface area (Å²) < 4.78 is 26.6. The lowest BCUT2D eigenvalue weighted by Crippen LogP contribution is -2.23. The number of hydrogen-bond acceptors (Lipinski definition) is 4. The summed E-state index contributed by atoms with van der Waals surface area (Å²) in [6.07, 6.45) is 1.78. The van der Waals surface area contributed by atoms with Gasteiger partial charge < -0.3 is 0 Å². The van der Waals surface area contributed by atoms with E-state index in [4.69, 9.17) is 0 Å². The number of rotatable bonds is 2. The summed E-state index contributed by atoms with van der Waals surface area (Å²) >= 11 is 2.69. The molecule has 0 N–H and O–H groups in total. The number of thioether (sulfide) groups is 1. The lowest BCUT2D eigenvalue weighted by atomic mass is 10.3. The monoisotopic (exact) mass is 336 g/mol. The van der Waals surface area contributed by atoms with Crippen LogP contribution in [0.1, 0.15) is 4.88 Å². The molecule has 0 aliphatic carbocycles. The molecule has 1 saturated heterocycles. The Morgan fingerprint density at radius 2 is 2.09 bits per heavy atom. The Bertz CT molecular complexity index is 785. The first-order valence-electron chi connectivity index (χ1n) is 6.29. The van der Waals surface area contributed by atoms with Gasteiger partial charge in [-0.3, -0.25) is 9.69 Å². The van der Waals surface area contributed by atoms with Crippen LogP contribution in [-0.4, -0.2) is 23.0 Å². The summed E-state index contributed by atoms with van der Waals surface area (Å²) in [6, 6.07) is 6.95. The molecule has 0 bridgehead atoms. The molecule has 0 saturated carbocycles. The number of nitrogens with zero attached hydrogens (tertiary/aromatic N) is 2. The fourth-order valence-corrected chi connectivity index (χ4v) is 3.53. The summed E-state index contributed by atoms with van der Waals surface area (Å²) in [6.45, 7) is 0. The zero-order valence-corrected chi connectivity index (χ0v) is 13.0. The van der Waals surface area contributed by atoms with Crippen LogP contribution in [0.2, 0.25) is 0 Å². The molecule has 1 amide bonds. The van der Waals surface area contributed by atoms with E-state index in [0.29, 0.717) is 10.1 Å². The highest BCUT2D eigenvalue weighted by Crippen LogP contribution is 2.34. The Balaban J connectivity index is 1.92. The second kappa shape index (κ2) is 6.02. The van der Waals surface area contributed by atoms with Gasteiger partial charge in [-0.1, -0.05) is 6.07 Å². The van der Waals surface area contributed by atoms with Gasteiger partial charge >= 0.3 is 0 Å². The highest BCUT2D eigenvalue weighted by Gasteiger charge is 2.30. The van der Waals surface area contributed by atoms with Crippen LogP contribution in [0.5, 0.6) is 0 Å². The number of halogens is 2. The molecule has 1 aromatic carbocycles. The van der Waals surface area contributed by atoms with Crippen LogP contribution in [-0.2, 0) is 4.79 Å². The third kappa shape index (κ3) is 2.95. The summed E-state index contributed by atoms with van der Waals surface area (Å²) in [4.78, 5) is 19.1. The predicted molar refractivity (Wildman–Crippen MR) is 86.1 cm³/mol. The van der Waals surface area contributed by atoms with E-state index < -0.39 is 11.6 Å². The molecule has 0 unspecified atom stereocenters. The third-order valence-corrected chi connectivity index (χ3v) is 4.83. The minimum Gasteiger partial charge on any atom is -0.290 e. The number of benzene rings is 1. The van der Waals surface area contributed by atoms with Gasteiger partial charge in [-0.2, -0.15) is 0 Å². The fraction of sp³-hybridized carbons (Fsp3) is 0.0667. The Kier molecular flexibility index (Phi) is 4.08. The van der Waals surface area contributed by atoms with Crippen LogP contribution in [0.25, 0.3) is 6.08 Å². The number of likely N-dealkylation sites (N-methyl/N-ethyl adjacent to an activating group) is 1. The topological polar surface area (TPSA) is 32.7 Å². The van der Waals surface area contributed by atoms with E-state index in [9.17, 15) is 13.6 Å². The first kappa shape index (κ1) is 14.9. The molecule has 0 radical (unpaired) electrons. The van der Waals surface area contributed by atoms with Gasteiger partial charge in [0.1, 0.15) is 11.5 Å². The van der Waals surface area contributed by atoms with E-state index in [1.54, 1.807) is 13.1 Å². The standard InChI is InChI=1S/C15H10F2N2OS2/c1-19-14(20)13(8-10-3-2-6-21-10)22-15(19)18-12-5-4-9(16)7-11(12)17/h2-8H,1H3/b13-8+,18-15?. The largest absolute Gasteiger partial charge is 0.290 e. The second-order valence-corrected chi connectivity index (χ2v) is 6.47. The molecule has 2 heterocycles. The van der Waals surface area contributed by atoms with Crippen LogP contribution in [0.15, 0.2) is 45.6 Å². The highest BCUT2D eigenvalue weighted by atomic mass is 32.2. The maximum atomic E-state index is 13.7. The number of amidine groups is 1. The molecule has 0 spiro atoms. The Morgan fingerprint density at radius 1 is 1.27 bits per heavy atom. The number of hydrogen-bond donors (Lipinski definition) is 0. The molecule has 1 aliphatic heterocycles. The van der Waals surface area contributed by atoms with Gasteiger partial charge in [-0.15, -0.1) is 11.3 Å². The van der Waals surface area contributed by atoms with Crippen molar-refractivity contribution < 1.29 is 13.6 Å². The van der Waals surface area contributed by atoms with Crippen molar-refractivity contribution in [2.45, 2.75) is 0 Å². The molecule has 3 nitrogen and oxygen atoms in total. The molecule has 1 aliphatic rings. The summed E-state index contributed by atoms with van der Waals surface area (Å²) in [5.74, 6) is -1.62. The second-order valence-electron chi connectivity index (χ2n) is 4.48. The molecular weight excluding hydrogens is 326 g/mol. The summed E-state index contributed by atoms with van der Waals surface area (Å²) in [7, 11) is 1.57. The van der Waals surface area contributed by atoms with Crippen LogP contribution >= 0.6 is 23.1 Å². The highest BCUT2D eigenvalue weighted by molar-refractivity contribution is 8.18. The zero-order chi connectivity index (χ0) is 15.7. The smallest absolute Gasteiger partial charge is 0.266 e. The van der Waals surface area contributed by atoms with Gasteiger partial charge in [0.2, 0.25) is 0 Å². The number of amides is 1. The minimum atomic E-state index is -0.760. The van der Waals surface area contributed by atoms with Crippen molar-refractivity contribution in [1.29, 1.82) is 0 Å². The van der Waals surface area contributed by atoms with Crippen LogP contribution < -0.4 is 0 Å². The lowest BCUT2D eigenvalue weighted by Gasteiger charge is -2.07. The molecular formula is C15H10F2N2OS2. The maximum Gasteiger partial charge on any atom is 0.266 e. The fourth-order valence-electron chi connectivity index (χ4n) is 1.83. The third-order valence-electron chi connectivity index (χ3n) is 2.95. The van der Waals surface area contributed by atoms with E-state index in [1.807, 2.05) is 17.5 Å². The van der Waals surface area contributed by atoms with Crippen molar-refractivity contribution in [3.8, 4) is 0 Å². The maximum absolute atomic E-state index is 13.7. The Labute approximate surface area is 134 Å². The summed E-state index contributed by atoms with van der Waals surface area (Å²) in [5, 5.41) is 2.28. The van der Waals surface area contributed by atoms with Crippen LogP contribution in [0.4, 0.5) is 14.5 Å². The van der Waals surface area contributed by atoms with Gasteiger partial charge in [-0.05, 0) is 41.4 Å². The Morgan fingerprint density at radius 3 is 2.77 bits per heavy atom. The van der Waals surface area contributed by atoms with Crippen molar-refractivity contribution in [2.24, 2.45) is 4.99 Å². The molecule has 1 fully saturated rings. The van der Waals surface area contributed by atoms with Gasteiger partial charge in [0.05, 0.1) is 4.91 Å². The van der Waals surface area contributed by atoms with Crippen molar-refractivity contribution in [3.63, 3.8) is 0 Å². The number of carbonyl (C=O) groups excluding carboxylic acids is 1.